The van der Waals surface area contributed by atoms with Crippen molar-refractivity contribution in [1.82, 2.24) is 4.98 Å². The number of anilines is 1. The Labute approximate surface area is 158 Å². The maximum atomic E-state index is 6.36. The number of pyridine rings is 1. The van der Waals surface area contributed by atoms with Crippen molar-refractivity contribution < 1.29 is 4.74 Å². The standard InChI is InChI=1S/C23H32N2O/c1-7-10-25(14-20-8-9-20)21-13-18(5)24-23(19(21)6)26-22-16(3)11-15(2)12-17(22)4/h11-13,20H,7-10,14H2,1-6H3. The van der Waals surface area contributed by atoms with E-state index in [0.717, 1.165) is 59.4 Å². The number of rotatable bonds is 7. The number of ether oxygens (including phenoxy) is 1. The minimum absolute atomic E-state index is 0.743. The first kappa shape index (κ1) is 18.8. The number of aromatic nitrogens is 1. The van der Waals surface area contributed by atoms with E-state index in [-0.39, 0.29) is 0 Å². The van der Waals surface area contributed by atoms with Crippen molar-refractivity contribution in [3.63, 3.8) is 0 Å². The molecule has 1 heterocycles. The lowest BCUT2D eigenvalue weighted by molar-refractivity contribution is 0.450. The van der Waals surface area contributed by atoms with Gasteiger partial charge in [-0.15, -0.1) is 0 Å². The average Bonchev–Trinajstić information content (AvgIpc) is 3.37. The number of hydrogen-bond donors (Lipinski definition) is 0. The smallest absolute Gasteiger partial charge is 0.224 e. The van der Waals surface area contributed by atoms with Crippen molar-refractivity contribution in [2.45, 2.75) is 60.8 Å². The van der Waals surface area contributed by atoms with Crippen molar-refractivity contribution in [1.29, 1.82) is 0 Å². The molecule has 0 radical (unpaired) electrons. The third-order valence-electron chi connectivity index (χ3n) is 5.14. The van der Waals surface area contributed by atoms with Crippen LogP contribution in [0.3, 0.4) is 0 Å². The van der Waals surface area contributed by atoms with E-state index >= 15 is 0 Å². The summed E-state index contributed by atoms with van der Waals surface area (Å²) in [5.41, 5.74) is 7.03. The molecule has 1 aliphatic rings. The second-order valence-corrected chi connectivity index (χ2v) is 7.93. The second-order valence-electron chi connectivity index (χ2n) is 7.93. The van der Waals surface area contributed by atoms with Gasteiger partial charge in [-0.1, -0.05) is 24.6 Å². The topological polar surface area (TPSA) is 25.4 Å². The molecule has 0 unspecified atom stereocenters. The van der Waals surface area contributed by atoms with Crippen molar-refractivity contribution in [2.24, 2.45) is 5.92 Å². The second kappa shape index (κ2) is 7.69. The van der Waals surface area contributed by atoms with Gasteiger partial charge in [0.2, 0.25) is 5.88 Å². The van der Waals surface area contributed by atoms with Crippen LogP contribution >= 0.6 is 0 Å². The molecule has 0 amide bonds. The van der Waals surface area contributed by atoms with Crippen molar-refractivity contribution in [3.8, 4) is 11.6 Å². The van der Waals surface area contributed by atoms with Crippen molar-refractivity contribution in [2.75, 3.05) is 18.0 Å². The summed E-state index contributed by atoms with van der Waals surface area (Å²) >= 11 is 0. The fourth-order valence-corrected chi connectivity index (χ4v) is 3.74. The summed E-state index contributed by atoms with van der Waals surface area (Å²) in [6.45, 7) is 15.0. The lowest BCUT2D eigenvalue weighted by atomic mass is 10.1. The van der Waals surface area contributed by atoms with E-state index in [4.69, 9.17) is 9.72 Å². The fraction of sp³-hybridized carbons (Fsp3) is 0.522. The van der Waals surface area contributed by atoms with E-state index in [1.165, 1.54) is 24.1 Å². The number of benzene rings is 1. The van der Waals surface area contributed by atoms with Gasteiger partial charge in [0.05, 0.1) is 0 Å². The summed E-state index contributed by atoms with van der Waals surface area (Å²) in [4.78, 5) is 7.25. The third kappa shape index (κ3) is 4.20. The van der Waals surface area contributed by atoms with E-state index < -0.39 is 0 Å². The highest BCUT2D eigenvalue weighted by Gasteiger charge is 2.26. The fourth-order valence-electron chi connectivity index (χ4n) is 3.74. The van der Waals surface area contributed by atoms with Gasteiger partial charge in [0, 0.05) is 30.0 Å². The molecule has 0 N–H and O–H groups in total. The van der Waals surface area contributed by atoms with Crippen LogP contribution in [0.4, 0.5) is 5.69 Å². The average molecular weight is 353 g/mol. The van der Waals surface area contributed by atoms with Crippen molar-refractivity contribution >= 4 is 5.69 Å². The number of aryl methyl sites for hydroxylation is 4. The first-order valence-corrected chi connectivity index (χ1v) is 9.88. The zero-order valence-corrected chi connectivity index (χ0v) is 17.1. The third-order valence-corrected chi connectivity index (χ3v) is 5.14. The first-order chi connectivity index (χ1) is 12.4. The summed E-state index contributed by atoms with van der Waals surface area (Å²) in [6, 6.07) is 6.56. The van der Waals surface area contributed by atoms with Gasteiger partial charge in [0.1, 0.15) is 5.75 Å². The molecule has 1 aromatic carbocycles. The first-order valence-electron chi connectivity index (χ1n) is 9.88. The van der Waals surface area contributed by atoms with Crippen molar-refractivity contribution in [3.05, 3.63) is 46.1 Å². The van der Waals surface area contributed by atoms with Gasteiger partial charge in [0.25, 0.3) is 0 Å². The molecule has 0 spiro atoms. The lowest BCUT2D eigenvalue weighted by Crippen LogP contribution is -2.27. The van der Waals surface area contributed by atoms with E-state index in [9.17, 15) is 0 Å². The van der Waals surface area contributed by atoms with Gasteiger partial charge in [0.15, 0.2) is 0 Å². The molecule has 2 aromatic rings. The molecule has 3 rings (SSSR count). The Bertz CT molecular complexity index is 770. The quantitative estimate of drug-likeness (QED) is 0.607. The van der Waals surface area contributed by atoms with Crippen LogP contribution in [0.1, 0.15) is 54.1 Å². The summed E-state index contributed by atoms with van der Waals surface area (Å²) in [7, 11) is 0. The molecule has 140 valence electrons. The van der Waals surface area contributed by atoms with Gasteiger partial charge in [-0.25, -0.2) is 4.98 Å². The van der Waals surface area contributed by atoms with Gasteiger partial charge in [-0.05, 0) is 77.0 Å². The maximum absolute atomic E-state index is 6.36. The van der Waals surface area contributed by atoms with Crippen LogP contribution in [0.25, 0.3) is 0 Å². The molecule has 3 heteroatoms. The summed E-state index contributed by atoms with van der Waals surface area (Å²) in [5, 5.41) is 0. The van der Waals surface area contributed by atoms with Gasteiger partial charge in [-0.3, -0.25) is 0 Å². The molecule has 1 saturated carbocycles. The molecule has 1 aliphatic carbocycles. The van der Waals surface area contributed by atoms with Crippen LogP contribution in [-0.2, 0) is 0 Å². The Balaban J connectivity index is 1.96. The monoisotopic (exact) mass is 352 g/mol. The predicted octanol–water partition coefficient (Wildman–Crippen LogP) is 6.04. The van der Waals surface area contributed by atoms with Gasteiger partial charge >= 0.3 is 0 Å². The predicted molar refractivity (Wildman–Crippen MR) is 110 cm³/mol. The molecule has 1 fully saturated rings. The van der Waals surface area contributed by atoms with E-state index in [0.29, 0.717) is 0 Å². The molecule has 0 bridgehead atoms. The molecule has 1 aromatic heterocycles. The lowest BCUT2D eigenvalue weighted by Gasteiger charge is -2.27. The minimum Gasteiger partial charge on any atom is -0.438 e. The minimum atomic E-state index is 0.743. The van der Waals surface area contributed by atoms with Crippen LogP contribution in [0.15, 0.2) is 18.2 Å². The van der Waals surface area contributed by atoms with Crippen LogP contribution in [0, 0.1) is 40.5 Å². The van der Waals surface area contributed by atoms with Crippen LogP contribution in [0.2, 0.25) is 0 Å². The SMILES string of the molecule is CCCN(CC1CC1)c1cc(C)nc(Oc2c(C)cc(C)cc2C)c1C. The number of nitrogens with zero attached hydrogens (tertiary/aromatic N) is 2. The van der Waals surface area contributed by atoms with E-state index in [1.807, 2.05) is 0 Å². The van der Waals surface area contributed by atoms with Gasteiger partial charge < -0.3 is 9.64 Å². The summed E-state index contributed by atoms with van der Waals surface area (Å²) in [5.74, 6) is 2.54. The molecule has 0 atom stereocenters. The molecule has 0 saturated heterocycles. The zero-order chi connectivity index (χ0) is 18.8. The normalized spacial score (nSPS) is 13.8. The highest BCUT2D eigenvalue weighted by Crippen LogP contribution is 2.37. The van der Waals surface area contributed by atoms with E-state index in [1.54, 1.807) is 0 Å². The molecule has 3 nitrogen and oxygen atoms in total. The Morgan fingerprint density at radius 1 is 1.04 bits per heavy atom. The van der Waals surface area contributed by atoms with E-state index in [2.05, 4.69) is 64.6 Å². The Morgan fingerprint density at radius 2 is 1.69 bits per heavy atom. The Hall–Kier alpha value is -2.03. The van der Waals surface area contributed by atoms with Gasteiger partial charge in [-0.2, -0.15) is 0 Å². The van der Waals surface area contributed by atoms with Crippen LogP contribution in [0.5, 0.6) is 11.6 Å². The number of hydrogen-bond acceptors (Lipinski definition) is 3. The highest BCUT2D eigenvalue weighted by molar-refractivity contribution is 5.59. The molecule has 0 aliphatic heterocycles. The molecule has 26 heavy (non-hydrogen) atoms. The Kier molecular flexibility index (Phi) is 5.55. The Morgan fingerprint density at radius 3 is 2.27 bits per heavy atom. The highest BCUT2D eigenvalue weighted by atomic mass is 16.5. The zero-order valence-electron chi connectivity index (χ0n) is 17.1. The summed E-state index contributed by atoms with van der Waals surface area (Å²) in [6.07, 6.45) is 3.89. The molecular weight excluding hydrogens is 320 g/mol. The summed E-state index contributed by atoms with van der Waals surface area (Å²) < 4.78 is 6.36. The largest absolute Gasteiger partial charge is 0.438 e. The van der Waals surface area contributed by atoms with Crippen LogP contribution < -0.4 is 9.64 Å². The van der Waals surface area contributed by atoms with Crippen LogP contribution in [-0.4, -0.2) is 18.1 Å². The molecular formula is C23H32N2O. The maximum Gasteiger partial charge on any atom is 0.224 e.